The topological polar surface area (TPSA) is 68.3 Å². The molecule has 1 heterocycles. The summed E-state index contributed by atoms with van der Waals surface area (Å²) in [6.07, 6.45) is 1.84. The monoisotopic (exact) mass is 316 g/mol. The quantitative estimate of drug-likeness (QED) is 0.867. The molecule has 1 aliphatic rings. The van der Waals surface area contributed by atoms with Crippen LogP contribution in [0.15, 0.2) is 23.7 Å². The maximum atomic E-state index is 14.2. The first-order chi connectivity index (χ1) is 10.7. The van der Waals surface area contributed by atoms with Crippen molar-refractivity contribution >= 4 is 13.2 Å². The van der Waals surface area contributed by atoms with Gasteiger partial charge in [0.2, 0.25) is 0 Å². The second-order valence-electron chi connectivity index (χ2n) is 6.70. The number of nitriles is 1. The van der Waals surface area contributed by atoms with Crippen LogP contribution in [0.5, 0.6) is 0 Å². The third kappa shape index (κ3) is 3.64. The van der Waals surface area contributed by atoms with Crippen molar-refractivity contribution < 1.29 is 13.7 Å². The van der Waals surface area contributed by atoms with Crippen molar-refractivity contribution in [3.05, 3.63) is 40.6 Å². The molecule has 122 valence electrons. The van der Waals surface area contributed by atoms with Gasteiger partial charge in [0.05, 0.1) is 23.7 Å². The summed E-state index contributed by atoms with van der Waals surface area (Å²) in [6.45, 7) is 8.03. The highest BCUT2D eigenvalue weighted by atomic mass is 19.1. The fourth-order valence-electron chi connectivity index (χ4n) is 2.31. The zero-order valence-electron chi connectivity index (χ0n) is 14.0. The Balaban J connectivity index is 2.29. The van der Waals surface area contributed by atoms with Gasteiger partial charge >= 0.3 is 7.12 Å². The van der Waals surface area contributed by atoms with Crippen molar-refractivity contribution in [2.24, 2.45) is 5.73 Å². The Morgan fingerprint density at radius 1 is 1.30 bits per heavy atom. The molecule has 0 bridgehead atoms. The third-order valence-electron chi connectivity index (χ3n) is 4.48. The third-order valence-corrected chi connectivity index (χ3v) is 4.48. The van der Waals surface area contributed by atoms with Gasteiger partial charge < -0.3 is 15.0 Å². The van der Waals surface area contributed by atoms with Crippen molar-refractivity contribution in [2.45, 2.75) is 45.3 Å². The first kappa shape index (κ1) is 17.7. The van der Waals surface area contributed by atoms with Crippen molar-refractivity contribution in [2.75, 3.05) is 6.54 Å². The van der Waals surface area contributed by atoms with Gasteiger partial charge in [0, 0.05) is 12.1 Å². The summed E-state index contributed by atoms with van der Waals surface area (Å²) >= 11 is 0. The standard InChI is InChI=1S/C17H22BFN2O2/c1-16(2)17(3,4)23-18(22-16)14(11-21)10-13-6-5-12(7-8-20)9-15(13)19/h5-6,9-10H,7,11,21H2,1-4H3. The average molecular weight is 316 g/mol. The van der Waals surface area contributed by atoms with E-state index in [2.05, 4.69) is 0 Å². The molecule has 2 N–H and O–H groups in total. The minimum absolute atomic E-state index is 0.182. The summed E-state index contributed by atoms with van der Waals surface area (Å²) in [7, 11) is -0.594. The summed E-state index contributed by atoms with van der Waals surface area (Å²) in [5.74, 6) is -0.389. The number of nitrogens with zero attached hydrogens (tertiary/aromatic N) is 1. The van der Waals surface area contributed by atoms with Gasteiger partial charge in [-0.1, -0.05) is 18.2 Å². The molecule has 1 aliphatic heterocycles. The highest BCUT2D eigenvalue weighted by molar-refractivity contribution is 6.55. The largest absolute Gasteiger partial charge is 0.491 e. The molecule has 2 rings (SSSR count). The fourth-order valence-corrected chi connectivity index (χ4v) is 2.31. The second-order valence-corrected chi connectivity index (χ2v) is 6.70. The van der Waals surface area contributed by atoms with Gasteiger partial charge in [0.1, 0.15) is 5.82 Å². The Kier molecular flexibility index (Phi) is 4.95. The molecule has 0 aliphatic carbocycles. The van der Waals surface area contributed by atoms with E-state index in [0.29, 0.717) is 16.6 Å². The summed E-state index contributed by atoms with van der Waals surface area (Å²) < 4.78 is 26.1. The number of benzene rings is 1. The van der Waals surface area contributed by atoms with Gasteiger partial charge in [0.25, 0.3) is 0 Å². The second kappa shape index (κ2) is 6.44. The molecule has 1 saturated heterocycles. The smallest absolute Gasteiger partial charge is 0.400 e. The molecule has 0 saturated carbocycles. The van der Waals surface area contributed by atoms with Gasteiger partial charge in [0.15, 0.2) is 0 Å². The van der Waals surface area contributed by atoms with Gasteiger partial charge in [-0.15, -0.1) is 0 Å². The number of hydrogen-bond acceptors (Lipinski definition) is 4. The van der Waals surface area contributed by atoms with E-state index in [1.54, 1.807) is 18.2 Å². The van der Waals surface area contributed by atoms with Gasteiger partial charge in [-0.3, -0.25) is 0 Å². The zero-order valence-corrected chi connectivity index (χ0v) is 14.0. The molecule has 0 spiro atoms. The first-order valence-corrected chi connectivity index (χ1v) is 7.62. The predicted octanol–water partition coefficient (Wildman–Crippen LogP) is 2.87. The number of nitrogens with two attached hydrogens (primary N) is 1. The van der Waals surface area contributed by atoms with Crippen molar-refractivity contribution in [1.82, 2.24) is 0 Å². The Morgan fingerprint density at radius 3 is 2.39 bits per heavy atom. The van der Waals surface area contributed by atoms with Crippen LogP contribution in [-0.2, 0) is 15.7 Å². The van der Waals surface area contributed by atoms with Crippen LogP contribution in [0.2, 0.25) is 0 Å². The highest BCUT2D eigenvalue weighted by Gasteiger charge is 2.52. The molecule has 1 aromatic rings. The van der Waals surface area contributed by atoms with Crippen LogP contribution < -0.4 is 5.73 Å². The van der Waals surface area contributed by atoms with E-state index in [0.717, 1.165) is 0 Å². The maximum absolute atomic E-state index is 14.2. The molecule has 1 fully saturated rings. The molecular weight excluding hydrogens is 294 g/mol. The molecule has 0 aromatic heterocycles. The molecule has 1 aromatic carbocycles. The Labute approximate surface area is 137 Å². The average Bonchev–Trinajstić information content (AvgIpc) is 2.67. The van der Waals surface area contributed by atoms with Gasteiger partial charge in [-0.2, -0.15) is 5.26 Å². The molecule has 0 radical (unpaired) electrons. The lowest BCUT2D eigenvalue weighted by atomic mass is 9.77. The van der Waals surface area contributed by atoms with E-state index in [4.69, 9.17) is 20.3 Å². The molecule has 6 heteroatoms. The normalized spacial score (nSPS) is 19.7. The van der Waals surface area contributed by atoms with Crippen LogP contribution in [-0.4, -0.2) is 24.9 Å². The summed E-state index contributed by atoms with van der Waals surface area (Å²) in [5.41, 5.74) is 6.60. The van der Waals surface area contributed by atoms with Crippen LogP contribution >= 0.6 is 0 Å². The molecule has 0 amide bonds. The minimum atomic E-state index is -0.594. The molecule has 0 atom stereocenters. The maximum Gasteiger partial charge on any atom is 0.491 e. The van der Waals surface area contributed by atoms with Crippen molar-refractivity contribution in [3.8, 4) is 6.07 Å². The number of rotatable bonds is 4. The van der Waals surface area contributed by atoms with Gasteiger partial charge in [-0.25, -0.2) is 4.39 Å². The molecule has 23 heavy (non-hydrogen) atoms. The highest BCUT2D eigenvalue weighted by Crippen LogP contribution is 2.38. The van der Waals surface area contributed by atoms with E-state index in [-0.39, 0.29) is 18.8 Å². The van der Waals surface area contributed by atoms with E-state index in [9.17, 15) is 4.39 Å². The SMILES string of the molecule is CC1(C)OB(C(=Cc2ccc(CC#N)cc2F)CN)OC1(C)C. The van der Waals surface area contributed by atoms with Crippen molar-refractivity contribution in [3.63, 3.8) is 0 Å². The fraction of sp³-hybridized carbons (Fsp3) is 0.471. The Bertz CT molecular complexity index is 649. The van der Waals surface area contributed by atoms with E-state index in [1.165, 1.54) is 6.07 Å². The van der Waals surface area contributed by atoms with E-state index >= 15 is 0 Å². The lowest BCUT2D eigenvalue weighted by Crippen LogP contribution is -2.41. The molecular formula is C17H22BFN2O2. The van der Waals surface area contributed by atoms with Crippen LogP contribution in [0, 0.1) is 17.1 Å². The zero-order chi connectivity index (χ0) is 17.3. The van der Waals surface area contributed by atoms with Crippen molar-refractivity contribution in [1.29, 1.82) is 5.26 Å². The van der Waals surface area contributed by atoms with Crippen LogP contribution in [0.3, 0.4) is 0 Å². The van der Waals surface area contributed by atoms with Crippen LogP contribution in [0.1, 0.15) is 38.8 Å². The number of halogens is 1. The molecule has 4 nitrogen and oxygen atoms in total. The summed E-state index contributed by atoms with van der Waals surface area (Å²) in [5, 5.41) is 8.67. The number of hydrogen-bond donors (Lipinski definition) is 1. The van der Waals surface area contributed by atoms with E-state index in [1.807, 2.05) is 33.8 Å². The Morgan fingerprint density at radius 2 is 1.91 bits per heavy atom. The van der Waals surface area contributed by atoms with E-state index < -0.39 is 18.3 Å². The lowest BCUT2D eigenvalue weighted by molar-refractivity contribution is 0.00578. The predicted molar refractivity (Wildman–Crippen MR) is 88.8 cm³/mol. The van der Waals surface area contributed by atoms with Crippen LogP contribution in [0.4, 0.5) is 4.39 Å². The summed E-state index contributed by atoms with van der Waals surface area (Å²) in [4.78, 5) is 0. The first-order valence-electron chi connectivity index (χ1n) is 7.62. The minimum Gasteiger partial charge on any atom is -0.400 e. The lowest BCUT2D eigenvalue weighted by Gasteiger charge is -2.32. The molecule has 0 unspecified atom stereocenters. The summed E-state index contributed by atoms with van der Waals surface area (Å²) in [6, 6.07) is 6.75. The van der Waals surface area contributed by atoms with Crippen LogP contribution in [0.25, 0.3) is 6.08 Å². The van der Waals surface area contributed by atoms with Gasteiger partial charge in [-0.05, 0) is 44.8 Å². The Hall–Kier alpha value is -1.68.